The van der Waals surface area contributed by atoms with Crippen molar-refractivity contribution in [3.63, 3.8) is 0 Å². The van der Waals surface area contributed by atoms with Crippen LogP contribution >= 0.6 is 0 Å². The average molecular weight is 559 g/mol. The maximum atomic E-state index is 10.0. The van der Waals surface area contributed by atoms with Gasteiger partial charge in [-0.15, -0.1) is 0 Å². The highest BCUT2D eigenvalue weighted by Gasteiger charge is 2.40. The zero-order valence-corrected chi connectivity index (χ0v) is 28.2. The average Bonchev–Trinajstić information content (AvgIpc) is 2.80. The third-order valence-electron chi connectivity index (χ3n) is 9.14. The quantitative estimate of drug-likeness (QED) is 0.198. The fourth-order valence-electron chi connectivity index (χ4n) is 4.75. The molecule has 1 aromatic rings. The van der Waals surface area contributed by atoms with Gasteiger partial charge in [-0.05, 0) is 141 Å². The molecule has 2 N–H and O–H groups in total. The van der Waals surface area contributed by atoms with Gasteiger partial charge in [-0.3, -0.25) is 0 Å². The van der Waals surface area contributed by atoms with Gasteiger partial charge in [0.05, 0.1) is 11.7 Å². The number of aryl methyl sites for hydroxylation is 1. The van der Waals surface area contributed by atoms with Crippen LogP contribution in [0.3, 0.4) is 0 Å². The van der Waals surface area contributed by atoms with E-state index in [9.17, 15) is 10.2 Å². The second kappa shape index (κ2) is 13.0. The molecule has 0 fully saturated rings. The van der Waals surface area contributed by atoms with Crippen molar-refractivity contribution in [2.24, 2.45) is 0 Å². The number of fused-ring (bicyclic) bond motifs is 1. The molecule has 0 saturated heterocycles. The molecule has 222 valence electrons. The van der Waals surface area contributed by atoms with Gasteiger partial charge in [-0.2, -0.15) is 0 Å². The fourth-order valence-corrected chi connectivity index (χ4v) is 5.82. The molecule has 0 aromatic heterocycles. The summed E-state index contributed by atoms with van der Waals surface area (Å²) in [5.74, 6) is 2.11. The zero-order chi connectivity index (χ0) is 29.8. The van der Waals surface area contributed by atoms with Crippen LogP contribution < -0.4 is 9.16 Å². The number of hydrogen-bond donors (Lipinski definition) is 2. The van der Waals surface area contributed by atoms with E-state index in [4.69, 9.17) is 9.16 Å². The standard InChI is InChI=1S/C34H58O4Si/c1-24(15-13-16-25(2)18-19-30(35)33(8,9)36)17-14-21-34(10)22-20-28-23-29(26(3)27(4)31(28)37-34)38-39(11,12)32(5,6)7/h16-17,23,30,35-36H,13-15,18-22H2,1-12H3/b24-17+,25-16+/t30?,34-/m1/s1. The molecule has 5 heteroatoms. The lowest BCUT2D eigenvalue weighted by molar-refractivity contribution is -0.0509. The van der Waals surface area contributed by atoms with Crippen LogP contribution in [0.15, 0.2) is 29.4 Å². The minimum Gasteiger partial charge on any atom is -0.543 e. The molecule has 0 bridgehead atoms. The number of aliphatic hydroxyl groups excluding tert-OH is 1. The van der Waals surface area contributed by atoms with E-state index in [0.717, 1.165) is 56.4 Å². The molecule has 39 heavy (non-hydrogen) atoms. The van der Waals surface area contributed by atoms with Crippen LogP contribution in [-0.4, -0.2) is 35.8 Å². The van der Waals surface area contributed by atoms with Crippen LogP contribution in [0.4, 0.5) is 0 Å². The second-order valence-electron chi connectivity index (χ2n) is 14.4. The van der Waals surface area contributed by atoms with E-state index in [-0.39, 0.29) is 10.6 Å². The van der Waals surface area contributed by atoms with E-state index < -0.39 is 20.0 Å². The number of benzene rings is 1. The van der Waals surface area contributed by atoms with Gasteiger partial charge in [0.25, 0.3) is 0 Å². The van der Waals surface area contributed by atoms with E-state index in [1.807, 2.05) is 0 Å². The maximum absolute atomic E-state index is 10.0. The molecule has 1 unspecified atom stereocenters. The summed E-state index contributed by atoms with van der Waals surface area (Å²) in [6.07, 6.45) is 11.5. The Morgan fingerprint density at radius 2 is 1.64 bits per heavy atom. The van der Waals surface area contributed by atoms with Gasteiger partial charge < -0.3 is 19.4 Å². The van der Waals surface area contributed by atoms with Gasteiger partial charge >= 0.3 is 0 Å². The highest BCUT2D eigenvalue weighted by Crippen LogP contribution is 2.44. The molecular weight excluding hydrogens is 500 g/mol. The second-order valence-corrected chi connectivity index (χ2v) is 19.1. The first-order valence-corrected chi connectivity index (χ1v) is 17.9. The van der Waals surface area contributed by atoms with Crippen LogP contribution in [0.5, 0.6) is 11.5 Å². The SMILES string of the molecule is C/C(=C\CC[C@]1(C)CCc2cc(O[Si](C)(C)C(C)(C)C)c(C)c(C)c2O1)CC/C=C(\C)CCC(O)C(C)(C)O. The molecule has 1 aliphatic heterocycles. The van der Waals surface area contributed by atoms with Gasteiger partial charge in [-0.1, -0.05) is 44.1 Å². The third-order valence-corrected chi connectivity index (χ3v) is 13.5. The Hall–Kier alpha value is -1.56. The Morgan fingerprint density at radius 3 is 2.23 bits per heavy atom. The van der Waals surface area contributed by atoms with Crippen LogP contribution in [-0.2, 0) is 6.42 Å². The fraction of sp³-hybridized carbons (Fsp3) is 0.706. The highest BCUT2D eigenvalue weighted by atomic mass is 28.4. The van der Waals surface area contributed by atoms with Crippen molar-refractivity contribution in [2.45, 2.75) is 156 Å². The minimum absolute atomic E-state index is 0.152. The maximum Gasteiger partial charge on any atom is 0.250 e. The normalized spacial score (nSPS) is 19.9. The monoisotopic (exact) mass is 558 g/mol. The van der Waals surface area contributed by atoms with Crippen LogP contribution in [0.2, 0.25) is 18.1 Å². The molecule has 2 rings (SSSR count). The Bertz CT molecular complexity index is 1040. The third kappa shape index (κ3) is 9.50. The molecule has 0 aliphatic carbocycles. The molecule has 1 aliphatic rings. The summed E-state index contributed by atoms with van der Waals surface area (Å²) in [6.45, 7) is 25.8. The Morgan fingerprint density at radius 1 is 1.05 bits per heavy atom. The first-order chi connectivity index (χ1) is 17.8. The summed E-state index contributed by atoms with van der Waals surface area (Å²) in [4.78, 5) is 0. The van der Waals surface area contributed by atoms with E-state index in [1.165, 1.54) is 27.8 Å². The van der Waals surface area contributed by atoms with Crippen molar-refractivity contribution >= 4 is 8.32 Å². The zero-order valence-electron chi connectivity index (χ0n) is 27.2. The Kier molecular flexibility index (Phi) is 11.2. The molecular formula is C34H58O4Si. The molecule has 0 amide bonds. The van der Waals surface area contributed by atoms with Crippen LogP contribution in [0, 0.1) is 13.8 Å². The lowest BCUT2D eigenvalue weighted by Crippen LogP contribution is -2.44. The summed E-state index contributed by atoms with van der Waals surface area (Å²) < 4.78 is 13.4. The van der Waals surface area contributed by atoms with E-state index in [0.29, 0.717) is 6.42 Å². The first kappa shape index (κ1) is 33.6. The van der Waals surface area contributed by atoms with Gasteiger partial charge in [0.15, 0.2) is 0 Å². The van der Waals surface area contributed by atoms with Gasteiger partial charge in [0.2, 0.25) is 8.32 Å². The molecule has 2 atom stereocenters. The lowest BCUT2D eigenvalue weighted by Gasteiger charge is -2.39. The molecule has 0 radical (unpaired) electrons. The number of rotatable bonds is 12. The van der Waals surface area contributed by atoms with Crippen molar-refractivity contribution in [3.8, 4) is 11.5 Å². The predicted octanol–water partition coefficient (Wildman–Crippen LogP) is 9.14. The number of allylic oxidation sites excluding steroid dienone is 4. The first-order valence-electron chi connectivity index (χ1n) is 15.0. The Balaban J connectivity index is 1.94. The lowest BCUT2D eigenvalue weighted by atomic mass is 9.87. The van der Waals surface area contributed by atoms with Gasteiger partial charge in [-0.25, -0.2) is 0 Å². The van der Waals surface area contributed by atoms with E-state index in [2.05, 4.69) is 86.7 Å². The minimum atomic E-state index is -1.90. The summed E-state index contributed by atoms with van der Waals surface area (Å²) in [5.41, 5.74) is 5.20. The molecule has 0 saturated carbocycles. The highest BCUT2D eigenvalue weighted by molar-refractivity contribution is 6.74. The summed E-state index contributed by atoms with van der Waals surface area (Å²) in [6, 6.07) is 2.25. The number of ether oxygens (including phenoxy) is 1. The van der Waals surface area contributed by atoms with E-state index >= 15 is 0 Å². The molecule has 0 spiro atoms. The number of hydrogen-bond acceptors (Lipinski definition) is 4. The molecule has 4 nitrogen and oxygen atoms in total. The smallest absolute Gasteiger partial charge is 0.250 e. The predicted molar refractivity (Wildman–Crippen MR) is 169 cm³/mol. The number of aliphatic hydroxyl groups is 2. The van der Waals surface area contributed by atoms with E-state index in [1.54, 1.807) is 13.8 Å². The summed E-state index contributed by atoms with van der Waals surface area (Å²) in [7, 11) is -1.90. The van der Waals surface area contributed by atoms with Crippen molar-refractivity contribution in [1.82, 2.24) is 0 Å². The van der Waals surface area contributed by atoms with Crippen molar-refractivity contribution in [1.29, 1.82) is 0 Å². The van der Waals surface area contributed by atoms with Crippen LogP contribution in [0.25, 0.3) is 0 Å². The molecule has 1 heterocycles. The summed E-state index contributed by atoms with van der Waals surface area (Å²) in [5, 5.41) is 20.1. The summed E-state index contributed by atoms with van der Waals surface area (Å²) >= 11 is 0. The largest absolute Gasteiger partial charge is 0.543 e. The van der Waals surface area contributed by atoms with Crippen molar-refractivity contribution < 1.29 is 19.4 Å². The van der Waals surface area contributed by atoms with Crippen LogP contribution in [0.1, 0.15) is 117 Å². The Labute approximate surface area is 241 Å². The molecule has 1 aromatic carbocycles. The van der Waals surface area contributed by atoms with Crippen molar-refractivity contribution in [2.75, 3.05) is 0 Å². The van der Waals surface area contributed by atoms with Gasteiger partial charge in [0.1, 0.15) is 17.1 Å². The van der Waals surface area contributed by atoms with Crippen molar-refractivity contribution in [3.05, 3.63) is 46.1 Å². The van der Waals surface area contributed by atoms with Gasteiger partial charge in [0, 0.05) is 0 Å². The topological polar surface area (TPSA) is 58.9 Å².